The fraction of sp³-hybridized carbons (Fsp3) is 0.500. The zero-order chi connectivity index (χ0) is 10.8. The Balaban J connectivity index is 2.58. The van der Waals surface area contributed by atoms with Crippen molar-refractivity contribution < 1.29 is 9.21 Å². The summed E-state index contributed by atoms with van der Waals surface area (Å²) in [5.41, 5.74) is 4.78. The summed E-state index contributed by atoms with van der Waals surface area (Å²) in [5.74, 6) is 0.531. The van der Waals surface area contributed by atoms with Crippen LogP contribution in [0.2, 0.25) is 0 Å². The number of nitrogens with two attached hydrogens (primary N) is 1. The van der Waals surface area contributed by atoms with Gasteiger partial charge in [-0.3, -0.25) is 4.79 Å². The van der Waals surface area contributed by atoms with Gasteiger partial charge in [-0.1, -0.05) is 0 Å². The molecular formula is C10H16N2O2. The number of nitrogens with one attached hydrogen (secondary N) is 1. The van der Waals surface area contributed by atoms with Crippen LogP contribution in [0.25, 0.3) is 0 Å². The lowest BCUT2D eigenvalue weighted by Gasteiger charge is -2.20. The van der Waals surface area contributed by atoms with Crippen LogP contribution in [0.5, 0.6) is 0 Å². The SMILES string of the molecule is CC(NC(=O)C(C)(C)N)c1ccco1. The largest absolute Gasteiger partial charge is 0.467 e. The van der Waals surface area contributed by atoms with Crippen LogP contribution < -0.4 is 11.1 Å². The fourth-order valence-electron chi connectivity index (χ4n) is 0.991. The van der Waals surface area contributed by atoms with E-state index in [-0.39, 0.29) is 11.9 Å². The highest BCUT2D eigenvalue weighted by Crippen LogP contribution is 2.13. The maximum absolute atomic E-state index is 11.5. The highest BCUT2D eigenvalue weighted by Gasteiger charge is 2.24. The average molecular weight is 196 g/mol. The van der Waals surface area contributed by atoms with Crippen molar-refractivity contribution in [3.8, 4) is 0 Å². The number of carbonyl (C=O) groups is 1. The van der Waals surface area contributed by atoms with Gasteiger partial charge in [0, 0.05) is 0 Å². The first-order chi connectivity index (χ1) is 6.41. The van der Waals surface area contributed by atoms with Crippen molar-refractivity contribution in [1.82, 2.24) is 5.32 Å². The van der Waals surface area contributed by atoms with Gasteiger partial charge in [0.2, 0.25) is 5.91 Å². The van der Waals surface area contributed by atoms with Crippen LogP contribution in [0.3, 0.4) is 0 Å². The number of hydrogen-bond acceptors (Lipinski definition) is 3. The van der Waals surface area contributed by atoms with E-state index in [9.17, 15) is 4.79 Å². The number of amides is 1. The third-order valence-corrected chi connectivity index (χ3v) is 1.90. The smallest absolute Gasteiger partial charge is 0.240 e. The second kappa shape index (κ2) is 3.84. The Bertz CT molecular complexity index is 298. The van der Waals surface area contributed by atoms with Crippen LogP contribution in [-0.2, 0) is 4.79 Å². The molecule has 4 nitrogen and oxygen atoms in total. The molecule has 78 valence electrons. The van der Waals surface area contributed by atoms with Crippen molar-refractivity contribution in [1.29, 1.82) is 0 Å². The maximum Gasteiger partial charge on any atom is 0.240 e. The van der Waals surface area contributed by atoms with Gasteiger partial charge >= 0.3 is 0 Å². The van der Waals surface area contributed by atoms with E-state index in [1.165, 1.54) is 0 Å². The van der Waals surface area contributed by atoms with E-state index in [1.807, 2.05) is 13.0 Å². The topological polar surface area (TPSA) is 68.3 Å². The third-order valence-electron chi connectivity index (χ3n) is 1.90. The van der Waals surface area contributed by atoms with Crippen LogP contribution in [0, 0.1) is 0 Å². The quantitative estimate of drug-likeness (QED) is 0.763. The molecule has 0 spiro atoms. The lowest BCUT2D eigenvalue weighted by molar-refractivity contribution is -0.126. The van der Waals surface area contributed by atoms with Crippen molar-refractivity contribution in [3.05, 3.63) is 24.2 Å². The van der Waals surface area contributed by atoms with Crippen LogP contribution >= 0.6 is 0 Å². The Labute approximate surface area is 83.5 Å². The minimum atomic E-state index is -0.860. The van der Waals surface area contributed by atoms with Gasteiger partial charge in [-0.2, -0.15) is 0 Å². The van der Waals surface area contributed by atoms with Crippen molar-refractivity contribution in [2.45, 2.75) is 32.4 Å². The number of rotatable bonds is 3. The van der Waals surface area contributed by atoms with E-state index in [4.69, 9.17) is 10.2 Å². The van der Waals surface area contributed by atoms with Crippen molar-refractivity contribution in [3.63, 3.8) is 0 Å². The molecule has 1 rings (SSSR count). The standard InChI is InChI=1S/C10H16N2O2/c1-7(8-5-4-6-14-8)12-9(13)10(2,3)11/h4-7H,11H2,1-3H3,(H,12,13). The molecule has 1 atom stereocenters. The molecule has 0 fully saturated rings. The van der Waals surface area contributed by atoms with E-state index in [1.54, 1.807) is 26.2 Å². The molecule has 14 heavy (non-hydrogen) atoms. The van der Waals surface area contributed by atoms with Gasteiger partial charge in [-0.25, -0.2) is 0 Å². The fourth-order valence-corrected chi connectivity index (χ4v) is 0.991. The monoisotopic (exact) mass is 196 g/mol. The molecule has 1 unspecified atom stereocenters. The molecule has 1 aromatic rings. The number of carbonyl (C=O) groups excluding carboxylic acids is 1. The molecule has 3 N–H and O–H groups in total. The normalized spacial score (nSPS) is 13.7. The van der Waals surface area contributed by atoms with Gasteiger partial charge in [0.15, 0.2) is 0 Å². The Morgan fingerprint density at radius 2 is 2.29 bits per heavy atom. The Hall–Kier alpha value is -1.29. The molecular weight excluding hydrogens is 180 g/mol. The molecule has 0 aromatic carbocycles. The summed E-state index contributed by atoms with van der Waals surface area (Å²) in [6.45, 7) is 5.18. The van der Waals surface area contributed by atoms with Crippen LogP contribution in [-0.4, -0.2) is 11.4 Å². The first kappa shape index (κ1) is 10.8. The minimum Gasteiger partial charge on any atom is -0.467 e. The summed E-state index contributed by atoms with van der Waals surface area (Å²) in [6, 6.07) is 3.44. The van der Waals surface area contributed by atoms with Gasteiger partial charge in [0.25, 0.3) is 0 Å². The molecule has 1 amide bonds. The van der Waals surface area contributed by atoms with Gasteiger partial charge < -0.3 is 15.5 Å². The second-order valence-corrected chi connectivity index (χ2v) is 3.93. The molecule has 0 saturated heterocycles. The minimum absolute atomic E-state index is 0.152. The van der Waals surface area contributed by atoms with Gasteiger partial charge in [-0.05, 0) is 32.9 Å². The summed E-state index contributed by atoms with van der Waals surface area (Å²) in [5, 5.41) is 2.76. The predicted molar refractivity (Wildman–Crippen MR) is 53.5 cm³/mol. The summed E-state index contributed by atoms with van der Waals surface area (Å²) in [6.07, 6.45) is 1.57. The molecule has 0 aliphatic heterocycles. The lowest BCUT2D eigenvalue weighted by atomic mass is 10.1. The predicted octanol–water partition coefficient (Wildman–Crippen LogP) is 1.19. The van der Waals surface area contributed by atoms with Gasteiger partial charge in [-0.15, -0.1) is 0 Å². The first-order valence-electron chi connectivity index (χ1n) is 4.54. The first-order valence-corrected chi connectivity index (χ1v) is 4.54. The van der Waals surface area contributed by atoms with E-state index in [0.717, 1.165) is 5.76 Å². The molecule has 0 saturated carbocycles. The van der Waals surface area contributed by atoms with Crippen molar-refractivity contribution in [2.24, 2.45) is 5.73 Å². The Kier molecular flexibility index (Phi) is 2.96. The molecule has 1 heterocycles. The molecule has 1 aromatic heterocycles. The summed E-state index contributed by atoms with van der Waals surface area (Å²) in [4.78, 5) is 11.5. The highest BCUT2D eigenvalue weighted by molar-refractivity contribution is 5.85. The highest BCUT2D eigenvalue weighted by atomic mass is 16.3. The molecule has 4 heteroatoms. The number of furan rings is 1. The zero-order valence-electron chi connectivity index (χ0n) is 8.70. The molecule has 0 radical (unpaired) electrons. The van der Waals surface area contributed by atoms with E-state index >= 15 is 0 Å². The summed E-state index contributed by atoms with van der Waals surface area (Å²) in [7, 11) is 0. The van der Waals surface area contributed by atoms with Gasteiger partial charge in [0.1, 0.15) is 5.76 Å². The molecule has 0 aliphatic rings. The number of hydrogen-bond donors (Lipinski definition) is 2. The van der Waals surface area contributed by atoms with Crippen LogP contribution in [0.4, 0.5) is 0 Å². The van der Waals surface area contributed by atoms with Crippen LogP contribution in [0.1, 0.15) is 32.6 Å². The lowest BCUT2D eigenvalue weighted by Crippen LogP contribution is -2.49. The second-order valence-electron chi connectivity index (χ2n) is 3.93. The van der Waals surface area contributed by atoms with Crippen molar-refractivity contribution >= 4 is 5.91 Å². The Morgan fingerprint density at radius 1 is 1.64 bits per heavy atom. The Morgan fingerprint density at radius 3 is 2.71 bits per heavy atom. The van der Waals surface area contributed by atoms with E-state index in [2.05, 4.69) is 5.32 Å². The third kappa shape index (κ3) is 2.60. The van der Waals surface area contributed by atoms with Crippen LogP contribution in [0.15, 0.2) is 22.8 Å². The van der Waals surface area contributed by atoms with E-state index < -0.39 is 5.54 Å². The van der Waals surface area contributed by atoms with E-state index in [0.29, 0.717) is 0 Å². The summed E-state index contributed by atoms with van der Waals surface area (Å²) < 4.78 is 5.15. The van der Waals surface area contributed by atoms with Crippen molar-refractivity contribution in [2.75, 3.05) is 0 Å². The van der Waals surface area contributed by atoms with Gasteiger partial charge in [0.05, 0.1) is 17.8 Å². The average Bonchev–Trinajstić information content (AvgIpc) is 2.53. The maximum atomic E-state index is 11.5. The molecule has 0 bridgehead atoms. The summed E-state index contributed by atoms with van der Waals surface area (Å²) >= 11 is 0. The zero-order valence-corrected chi connectivity index (χ0v) is 8.70. The molecule has 0 aliphatic carbocycles.